The molecule has 0 saturated heterocycles. The fourth-order valence-corrected chi connectivity index (χ4v) is 3.51. The van der Waals surface area contributed by atoms with Gasteiger partial charge in [0.25, 0.3) is 5.91 Å². The maximum Gasteiger partial charge on any atom is 0.326 e. The third kappa shape index (κ3) is 2.67. The van der Waals surface area contributed by atoms with Gasteiger partial charge in [-0.15, -0.1) is 0 Å². The average molecular weight is 353 g/mol. The Morgan fingerprint density at radius 2 is 1.81 bits per heavy atom. The molecule has 0 radical (unpaired) electrons. The van der Waals surface area contributed by atoms with Crippen LogP contribution in [0.5, 0.6) is 11.5 Å². The van der Waals surface area contributed by atoms with Crippen molar-refractivity contribution in [3.05, 3.63) is 47.5 Å². The summed E-state index contributed by atoms with van der Waals surface area (Å²) in [6, 6.07) is 10.6. The van der Waals surface area contributed by atoms with Gasteiger partial charge in [0.2, 0.25) is 0 Å². The van der Waals surface area contributed by atoms with Gasteiger partial charge in [0.1, 0.15) is 19.3 Å². The van der Waals surface area contributed by atoms with E-state index in [1.165, 1.54) is 4.90 Å². The minimum absolute atomic E-state index is 0.228. The zero-order valence-electron chi connectivity index (χ0n) is 14.4. The number of carboxylic acids is 1. The molecule has 6 nitrogen and oxygen atoms in total. The molecule has 2 aromatic rings. The Morgan fingerprint density at radius 1 is 1.12 bits per heavy atom. The van der Waals surface area contributed by atoms with Crippen LogP contribution >= 0.6 is 0 Å². The van der Waals surface area contributed by atoms with Crippen molar-refractivity contribution in [1.82, 2.24) is 4.90 Å². The van der Waals surface area contributed by atoms with Gasteiger partial charge in [0, 0.05) is 12.1 Å². The van der Waals surface area contributed by atoms with Crippen LogP contribution in [0, 0.1) is 0 Å². The average Bonchev–Trinajstić information content (AvgIpc) is 2.98. The fraction of sp³-hybridized carbons (Fsp3) is 0.300. The molecular weight excluding hydrogens is 334 g/mol. The maximum atomic E-state index is 12.7. The first kappa shape index (κ1) is 16.4. The Labute approximate surface area is 151 Å². The number of benzene rings is 2. The maximum absolute atomic E-state index is 12.7. The van der Waals surface area contributed by atoms with Crippen LogP contribution in [0.2, 0.25) is 0 Å². The lowest BCUT2D eigenvalue weighted by molar-refractivity contribution is -0.142. The molecular formula is C20H19NO5. The Kier molecular flexibility index (Phi) is 4.03. The molecule has 0 fully saturated rings. The van der Waals surface area contributed by atoms with Crippen molar-refractivity contribution in [3.8, 4) is 22.6 Å². The summed E-state index contributed by atoms with van der Waals surface area (Å²) in [7, 11) is 0. The van der Waals surface area contributed by atoms with Crippen LogP contribution in [0.25, 0.3) is 11.1 Å². The molecule has 2 aliphatic heterocycles. The van der Waals surface area contributed by atoms with Gasteiger partial charge in [-0.25, -0.2) is 4.79 Å². The molecule has 2 heterocycles. The molecule has 1 atom stereocenters. The number of hydrogen-bond acceptors (Lipinski definition) is 4. The highest BCUT2D eigenvalue weighted by Gasteiger charge is 2.35. The highest BCUT2D eigenvalue weighted by atomic mass is 16.6. The fourth-order valence-electron chi connectivity index (χ4n) is 3.51. The number of carboxylic acid groups (broad SMARTS) is 1. The van der Waals surface area contributed by atoms with Gasteiger partial charge in [-0.3, -0.25) is 4.79 Å². The Bertz CT molecular complexity index is 892. The van der Waals surface area contributed by atoms with Gasteiger partial charge in [-0.1, -0.05) is 25.1 Å². The minimum atomic E-state index is -0.972. The largest absolute Gasteiger partial charge is 0.486 e. The van der Waals surface area contributed by atoms with Crippen molar-refractivity contribution in [3.63, 3.8) is 0 Å². The van der Waals surface area contributed by atoms with Crippen LogP contribution < -0.4 is 9.47 Å². The molecule has 0 aliphatic carbocycles. The van der Waals surface area contributed by atoms with Crippen molar-refractivity contribution in [1.29, 1.82) is 0 Å². The van der Waals surface area contributed by atoms with E-state index in [-0.39, 0.29) is 5.91 Å². The second kappa shape index (κ2) is 6.37. The molecule has 2 aliphatic rings. The molecule has 0 aromatic heterocycles. The number of hydrogen-bond donors (Lipinski definition) is 1. The van der Waals surface area contributed by atoms with E-state index in [0.29, 0.717) is 37.5 Å². The summed E-state index contributed by atoms with van der Waals surface area (Å²) in [5.41, 5.74) is 3.24. The molecule has 1 amide bonds. The number of aliphatic carboxylic acids is 1. The lowest BCUT2D eigenvalue weighted by atomic mass is 10.00. The van der Waals surface area contributed by atoms with Gasteiger partial charge in [-0.2, -0.15) is 0 Å². The highest BCUT2D eigenvalue weighted by Crippen LogP contribution is 2.36. The van der Waals surface area contributed by atoms with Crippen molar-refractivity contribution in [2.24, 2.45) is 0 Å². The van der Waals surface area contributed by atoms with Crippen molar-refractivity contribution < 1.29 is 24.2 Å². The van der Waals surface area contributed by atoms with Crippen molar-refractivity contribution in [2.75, 3.05) is 13.2 Å². The smallest absolute Gasteiger partial charge is 0.326 e. The summed E-state index contributed by atoms with van der Waals surface area (Å²) in [6.45, 7) is 3.16. The van der Waals surface area contributed by atoms with Crippen LogP contribution in [0.1, 0.15) is 29.3 Å². The molecule has 0 spiro atoms. The summed E-state index contributed by atoms with van der Waals surface area (Å²) in [4.78, 5) is 25.6. The van der Waals surface area contributed by atoms with Crippen LogP contribution in [0.3, 0.4) is 0 Å². The summed E-state index contributed by atoms with van der Waals surface area (Å²) >= 11 is 0. The van der Waals surface area contributed by atoms with E-state index in [1.807, 2.05) is 36.4 Å². The third-order valence-corrected chi connectivity index (χ3v) is 4.87. The van der Waals surface area contributed by atoms with E-state index in [4.69, 9.17) is 9.47 Å². The van der Waals surface area contributed by atoms with Gasteiger partial charge < -0.3 is 19.5 Å². The van der Waals surface area contributed by atoms with Gasteiger partial charge >= 0.3 is 5.97 Å². The molecule has 2 aromatic carbocycles. The van der Waals surface area contributed by atoms with Crippen LogP contribution in [0.15, 0.2) is 36.4 Å². The molecule has 1 unspecified atom stereocenters. The number of nitrogens with zero attached hydrogens (tertiary/aromatic N) is 1. The molecule has 1 N–H and O–H groups in total. The van der Waals surface area contributed by atoms with E-state index in [1.54, 1.807) is 6.92 Å². The SMILES string of the molecule is CCC(C(=O)O)N1Cc2ccc(-c3ccc4c(c3)OCCO4)cc2C1=O. The summed E-state index contributed by atoms with van der Waals surface area (Å²) < 4.78 is 11.2. The molecule has 26 heavy (non-hydrogen) atoms. The van der Waals surface area contributed by atoms with Crippen molar-refractivity contribution in [2.45, 2.75) is 25.9 Å². The van der Waals surface area contributed by atoms with Gasteiger partial charge in [0.15, 0.2) is 11.5 Å². The monoisotopic (exact) mass is 353 g/mol. The zero-order valence-corrected chi connectivity index (χ0v) is 14.4. The van der Waals surface area contributed by atoms with Crippen LogP contribution in [-0.4, -0.2) is 41.1 Å². The third-order valence-electron chi connectivity index (χ3n) is 4.87. The van der Waals surface area contributed by atoms with Gasteiger partial charge in [0.05, 0.1) is 0 Å². The number of carbonyl (C=O) groups excluding carboxylic acids is 1. The van der Waals surface area contributed by atoms with Crippen LogP contribution in [-0.2, 0) is 11.3 Å². The summed E-state index contributed by atoms with van der Waals surface area (Å²) in [5, 5.41) is 9.36. The van der Waals surface area contributed by atoms with E-state index in [0.717, 1.165) is 22.4 Å². The van der Waals surface area contributed by atoms with E-state index >= 15 is 0 Å². The number of rotatable bonds is 4. The molecule has 0 saturated carbocycles. The topological polar surface area (TPSA) is 76.1 Å². The standard InChI is InChI=1S/C20H19NO5/c1-2-16(20(23)24)21-11-14-4-3-12(9-15(14)19(21)22)13-5-6-17-18(10-13)26-8-7-25-17/h3-6,9-10,16H,2,7-8,11H2,1H3,(H,23,24). The van der Waals surface area contributed by atoms with Crippen molar-refractivity contribution >= 4 is 11.9 Å². The first-order valence-electron chi connectivity index (χ1n) is 8.65. The predicted octanol–water partition coefficient (Wildman–Crippen LogP) is 2.94. The molecule has 134 valence electrons. The first-order chi connectivity index (χ1) is 12.6. The normalized spacial score (nSPS) is 16.3. The number of carbonyl (C=O) groups is 2. The Hall–Kier alpha value is -3.02. The lowest BCUT2D eigenvalue weighted by Gasteiger charge is -2.22. The Balaban J connectivity index is 1.67. The number of amides is 1. The molecule has 4 rings (SSSR count). The zero-order chi connectivity index (χ0) is 18.3. The number of ether oxygens (including phenoxy) is 2. The second-order valence-electron chi connectivity index (χ2n) is 6.43. The van der Waals surface area contributed by atoms with E-state index in [2.05, 4.69) is 0 Å². The van der Waals surface area contributed by atoms with Gasteiger partial charge in [-0.05, 0) is 41.3 Å². The lowest BCUT2D eigenvalue weighted by Crippen LogP contribution is -2.40. The Morgan fingerprint density at radius 3 is 2.54 bits per heavy atom. The predicted molar refractivity (Wildman–Crippen MR) is 94.5 cm³/mol. The minimum Gasteiger partial charge on any atom is -0.486 e. The second-order valence-corrected chi connectivity index (χ2v) is 6.43. The molecule has 0 bridgehead atoms. The quantitative estimate of drug-likeness (QED) is 0.915. The number of fused-ring (bicyclic) bond motifs is 2. The van der Waals surface area contributed by atoms with E-state index < -0.39 is 12.0 Å². The summed E-state index contributed by atoms with van der Waals surface area (Å²) in [6.07, 6.45) is 0.379. The van der Waals surface area contributed by atoms with Crippen LogP contribution in [0.4, 0.5) is 0 Å². The van der Waals surface area contributed by atoms with E-state index in [9.17, 15) is 14.7 Å². The highest BCUT2D eigenvalue weighted by molar-refractivity contribution is 6.01. The first-order valence-corrected chi connectivity index (χ1v) is 8.65. The molecule has 6 heteroatoms. The summed E-state index contributed by atoms with van der Waals surface area (Å²) in [5.74, 6) is 0.212.